The Bertz CT molecular complexity index is 280. The molecule has 1 aromatic rings. The number of nitrogens with one attached hydrogen (secondary N) is 2. The second kappa shape index (κ2) is 2.82. The molecule has 0 spiro atoms. The van der Waals surface area contributed by atoms with Crippen LogP contribution < -0.4 is 5.32 Å². The van der Waals surface area contributed by atoms with E-state index in [-0.39, 0.29) is 11.4 Å². The third-order valence-corrected chi connectivity index (χ3v) is 1.07. The monoisotopic (exact) mass is 155 g/mol. The quantitative estimate of drug-likeness (QED) is 0.521. The van der Waals surface area contributed by atoms with Gasteiger partial charge in [-0.2, -0.15) is 5.10 Å². The maximum atomic E-state index is 10.3. The standard InChI is InChI=1S/C5H5N3O3/c9-2-6-3-1-7-8-4(3)5(10)11/h1-2H,(H,6,9)(H,7,8)(H,10,11). The smallest absolute Gasteiger partial charge is 0.356 e. The van der Waals surface area contributed by atoms with Crippen molar-refractivity contribution in [2.24, 2.45) is 0 Å². The van der Waals surface area contributed by atoms with Gasteiger partial charge in [-0.15, -0.1) is 0 Å². The molecule has 0 bridgehead atoms. The van der Waals surface area contributed by atoms with E-state index in [1.165, 1.54) is 6.20 Å². The van der Waals surface area contributed by atoms with Gasteiger partial charge in [0.1, 0.15) is 0 Å². The highest BCUT2D eigenvalue weighted by Crippen LogP contribution is 2.09. The minimum Gasteiger partial charge on any atom is -0.476 e. The molecular formula is C5H5N3O3. The van der Waals surface area contributed by atoms with Crippen molar-refractivity contribution < 1.29 is 14.7 Å². The molecule has 0 radical (unpaired) electrons. The topological polar surface area (TPSA) is 95.1 Å². The number of carbonyl (C=O) groups excluding carboxylic acids is 1. The van der Waals surface area contributed by atoms with Crippen molar-refractivity contribution in [3.05, 3.63) is 11.9 Å². The zero-order valence-corrected chi connectivity index (χ0v) is 5.37. The van der Waals surface area contributed by atoms with E-state index < -0.39 is 5.97 Å². The molecule has 0 aliphatic carbocycles. The van der Waals surface area contributed by atoms with Crippen LogP contribution in [0, 0.1) is 0 Å². The summed E-state index contributed by atoms with van der Waals surface area (Å²) < 4.78 is 0. The number of carbonyl (C=O) groups is 2. The number of H-pyrrole nitrogens is 1. The molecule has 1 amide bonds. The van der Waals surface area contributed by atoms with Gasteiger partial charge in [0.2, 0.25) is 6.41 Å². The van der Waals surface area contributed by atoms with Crippen molar-refractivity contribution in [2.45, 2.75) is 0 Å². The fraction of sp³-hybridized carbons (Fsp3) is 0. The van der Waals surface area contributed by atoms with Crippen LogP contribution in [0.3, 0.4) is 0 Å². The number of aromatic carboxylic acids is 1. The zero-order chi connectivity index (χ0) is 8.27. The second-order valence-corrected chi connectivity index (χ2v) is 1.73. The summed E-state index contributed by atoms with van der Waals surface area (Å²) >= 11 is 0. The molecule has 1 aromatic heterocycles. The lowest BCUT2D eigenvalue weighted by Crippen LogP contribution is -2.02. The van der Waals surface area contributed by atoms with Crippen LogP contribution in [0.25, 0.3) is 0 Å². The van der Waals surface area contributed by atoms with Gasteiger partial charge in [0, 0.05) is 0 Å². The van der Waals surface area contributed by atoms with Gasteiger partial charge in [-0.05, 0) is 0 Å². The fourth-order valence-corrected chi connectivity index (χ4v) is 0.622. The van der Waals surface area contributed by atoms with Crippen LogP contribution in [-0.2, 0) is 4.79 Å². The molecule has 1 rings (SSSR count). The Morgan fingerprint density at radius 2 is 2.55 bits per heavy atom. The van der Waals surface area contributed by atoms with E-state index in [0.29, 0.717) is 6.41 Å². The molecule has 58 valence electrons. The van der Waals surface area contributed by atoms with E-state index in [0.717, 1.165) is 0 Å². The first-order chi connectivity index (χ1) is 5.25. The fourth-order valence-electron chi connectivity index (χ4n) is 0.622. The number of hydrogen-bond acceptors (Lipinski definition) is 3. The van der Waals surface area contributed by atoms with Crippen LogP contribution in [0.2, 0.25) is 0 Å². The lowest BCUT2D eigenvalue weighted by molar-refractivity contribution is -0.105. The van der Waals surface area contributed by atoms with Crippen molar-refractivity contribution in [3.8, 4) is 0 Å². The van der Waals surface area contributed by atoms with E-state index in [9.17, 15) is 9.59 Å². The first kappa shape index (κ1) is 7.26. The number of aromatic nitrogens is 2. The Kier molecular flexibility index (Phi) is 1.86. The van der Waals surface area contributed by atoms with Gasteiger partial charge in [-0.3, -0.25) is 9.89 Å². The van der Waals surface area contributed by atoms with E-state index >= 15 is 0 Å². The highest BCUT2D eigenvalue weighted by Gasteiger charge is 2.10. The van der Waals surface area contributed by atoms with Crippen molar-refractivity contribution in [2.75, 3.05) is 5.32 Å². The summed E-state index contributed by atoms with van der Waals surface area (Å²) in [4.78, 5) is 20.2. The number of carboxylic acid groups (broad SMARTS) is 1. The first-order valence-corrected chi connectivity index (χ1v) is 2.72. The summed E-state index contributed by atoms with van der Waals surface area (Å²) in [6.07, 6.45) is 1.61. The Labute approximate surface area is 61.2 Å². The van der Waals surface area contributed by atoms with Crippen LogP contribution in [0.5, 0.6) is 0 Å². The SMILES string of the molecule is O=CNc1cn[nH]c1C(=O)O. The molecule has 11 heavy (non-hydrogen) atoms. The van der Waals surface area contributed by atoms with Crippen LogP contribution in [0.4, 0.5) is 5.69 Å². The number of rotatable bonds is 3. The minimum absolute atomic E-state index is 0.128. The van der Waals surface area contributed by atoms with E-state index in [2.05, 4.69) is 15.5 Å². The normalized spacial score (nSPS) is 9.09. The van der Waals surface area contributed by atoms with Crippen molar-refractivity contribution in [1.82, 2.24) is 10.2 Å². The molecule has 6 nitrogen and oxygen atoms in total. The van der Waals surface area contributed by atoms with E-state index in [4.69, 9.17) is 5.11 Å². The summed E-state index contributed by atoms with van der Waals surface area (Å²) in [5.41, 5.74) is 0.0320. The summed E-state index contributed by atoms with van der Waals surface area (Å²) in [6.45, 7) is 0. The van der Waals surface area contributed by atoms with Crippen molar-refractivity contribution in [1.29, 1.82) is 0 Å². The van der Waals surface area contributed by atoms with Crippen molar-refractivity contribution in [3.63, 3.8) is 0 Å². The molecule has 0 saturated heterocycles. The molecule has 0 atom stereocenters. The summed E-state index contributed by atoms with van der Waals surface area (Å²) in [5.74, 6) is -1.16. The van der Waals surface area contributed by atoms with Gasteiger partial charge in [0.25, 0.3) is 0 Å². The number of hydrogen-bond donors (Lipinski definition) is 3. The Hall–Kier alpha value is -1.85. The predicted molar refractivity (Wildman–Crippen MR) is 35.2 cm³/mol. The van der Waals surface area contributed by atoms with Crippen molar-refractivity contribution >= 4 is 18.1 Å². The van der Waals surface area contributed by atoms with Crippen LogP contribution in [0.1, 0.15) is 10.5 Å². The molecule has 3 N–H and O–H groups in total. The number of amides is 1. The number of anilines is 1. The van der Waals surface area contributed by atoms with Crippen LogP contribution in [0.15, 0.2) is 6.20 Å². The molecule has 0 fully saturated rings. The molecule has 0 saturated carbocycles. The average molecular weight is 155 g/mol. The summed E-state index contributed by atoms with van der Waals surface area (Å²) in [7, 11) is 0. The Morgan fingerprint density at radius 1 is 1.82 bits per heavy atom. The first-order valence-electron chi connectivity index (χ1n) is 2.72. The zero-order valence-electron chi connectivity index (χ0n) is 5.37. The summed E-state index contributed by atoms with van der Waals surface area (Å²) in [5, 5.41) is 16.3. The lowest BCUT2D eigenvalue weighted by Gasteiger charge is -1.92. The van der Waals surface area contributed by atoms with Gasteiger partial charge < -0.3 is 10.4 Å². The maximum absolute atomic E-state index is 10.3. The third kappa shape index (κ3) is 1.34. The molecule has 0 aliphatic heterocycles. The minimum atomic E-state index is -1.16. The second-order valence-electron chi connectivity index (χ2n) is 1.73. The summed E-state index contributed by atoms with van der Waals surface area (Å²) in [6, 6.07) is 0. The molecular weight excluding hydrogens is 150 g/mol. The maximum Gasteiger partial charge on any atom is 0.356 e. The molecule has 0 unspecified atom stereocenters. The Morgan fingerprint density at radius 3 is 3.09 bits per heavy atom. The van der Waals surface area contributed by atoms with Gasteiger partial charge in [-0.25, -0.2) is 4.79 Å². The van der Waals surface area contributed by atoms with E-state index in [1.807, 2.05) is 0 Å². The molecule has 6 heteroatoms. The number of aromatic amines is 1. The van der Waals surface area contributed by atoms with Gasteiger partial charge in [-0.1, -0.05) is 0 Å². The average Bonchev–Trinajstić information content (AvgIpc) is 2.36. The third-order valence-electron chi connectivity index (χ3n) is 1.07. The Balaban J connectivity index is 2.95. The highest BCUT2D eigenvalue weighted by molar-refractivity contribution is 5.94. The van der Waals surface area contributed by atoms with E-state index in [1.54, 1.807) is 0 Å². The number of carboxylic acids is 1. The van der Waals surface area contributed by atoms with Crippen LogP contribution in [-0.4, -0.2) is 27.7 Å². The lowest BCUT2D eigenvalue weighted by atomic mass is 10.4. The van der Waals surface area contributed by atoms with Gasteiger partial charge in [0.05, 0.1) is 11.9 Å². The van der Waals surface area contributed by atoms with Gasteiger partial charge in [0.15, 0.2) is 5.69 Å². The predicted octanol–water partition coefficient (Wildman–Crippen LogP) is -0.324. The highest BCUT2D eigenvalue weighted by atomic mass is 16.4. The number of nitrogens with zero attached hydrogens (tertiary/aromatic N) is 1. The molecule has 0 aromatic carbocycles. The van der Waals surface area contributed by atoms with Gasteiger partial charge >= 0.3 is 5.97 Å². The molecule has 1 heterocycles. The van der Waals surface area contributed by atoms with Crippen LogP contribution >= 0.6 is 0 Å². The largest absolute Gasteiger partial charge is 0.476 e. The molecule has 0 aliphatic rings.